The summed E-state index contributed by atoms with van der Waals surface area (Å²) in [7, 11) is 0. The van der Waals surface area contributed by atoms with Gasteiger partial charge in [0.25, 0.3) is 0 Å². The minimum atomic E-state index is -0.237. The molecule has 3 aromatic carbocycles. The fraction of sp³-hybridized carbons (Fsp3) is 0.217. The van der Waals surface area contributed by atoms with E-state index in [2.05, 4.69) is 10.6 Å². The highest BCUT2D eigenvalue weighted by molar-refractivity contribution is 5.91. The molecule has 0 heterocycles. The van der Waals surface area contributed by atoms with Gasteiger partial charge in [0.1, 0.15) is 12.4 Å². The molecule has 5 nitrogen and oxygen atoms in total. The van der Waals surface area contributed by atoms with Gasteiger partial charge in [-0.2, -0.15) is 0 Å². The lowest BCUT2D eigenvalue weighted by Crippen LogP contribution is -2.39. The first-order valence-corrected chi connectivity index (χ1v) is 9.31. The Bertz CT molecular complexity index is 963. The van der Waals surface area contributed by atoms with Crippen molar-refractivity contribution >= 4 is 22.6 Å². The predicted octanol–water partition coefficient (Wildman–Crippen LogP) is 3.00. The highest BCUT2D eigenvalue weighted by Crippen LogP contribution is 2.18. The molecule has 0 saturated heterocycles. The van der Waals surface area contributed by atoms with E-state index in [1.807, 2.05) is 73.7 Å². The van der Waals surface area contributed by atoms with Gasteiger partial charge in [0, 0.05) is 0 Å². The number of hydrogen-bond acceptors (Lipinski definition) is 3. The zero-order chi connectivity index (χ0) is 19.8. The third-order valence-corrected chi connectivity index (χ3v) is 4.36. The van der Waals surface area contributed by atoms with Crippen LogP contribution in [-0.4, -0.2) is 31.5 Å². The summed E-state index contributed by atoms with van der Waals surface area (Å²) < 4.78 is 5.58. The molecular weight excluding hydrogens is 352 g/mol. The van der Waals surface area contributed by atoms with Gasteiger partial charge in [-0.05, 0) is 41.0 Å². The van der Waals surface area contributed by atoms with Crippen LogP contribution in [0.3, 0.4) is 0 Å². The van der Waals surface area contributed by atoms with Crippen LogP contribution in [0.25, 0.3) is 10.8 Å². The van der Waals surface area contributed by atoms with Crippen molar-refractivity contribution in [2.75, 3.05) is 19.7 Å². The molecule has 0 fully saturated rings. The van der Waals surface area contributed by atoms with Crippen molar-refractivity contribution in [2.24, 2.45) is 0 Å². The monoisotopic (exact) mass is 376 g/mol. The van der Waals surface area contributed by atoms with Crippen LogP contribution in [0.5, 0.6) is 5.75 Å². The van der Waals surface area contributed by atoms with Crippen LogP contribution in [0.15, 0.2) is 66.7 Å². The predicted molar refractivity (Wildman–Crippen MR) is 110 cm³/mol. The Morgan fingerprint density at radius 2 is 1.68 bits per heavy atom. The Labute approximate surface area is 164 Å². The summed E-state index contributed by atoms with van der Waals surface area (Å²) in [5.41, 5.74) is 2.07. The topological polar surface area (TPSA) is 67.4 Å². The fourth-order valence-corrected chi connectivity index (χ4v) is 2.99. The van der Waals surface area contributed by atoms with Crippen LogP contribution in [-0.2, 0) is 16.0 Å². The average molecular weight is 376 g/mol. The van der Waals surface area contributed by atoms with Crippen molar-refractivity contribution in [1.82, 2.24) is 10.6 Å². The van der Waals surface area contributed by atoms with Gasteiger partial charge in [0.15, 0.2) is 0 Å². The first kappa shape index (κ1) is 19.4. The highest BCUT2D eigenvalue weighted by Gasteiger charge is 2.08. The van der Waals surface area contributed by atoms with E-state index < -0.39 is 0 Å². The van der Waals surface area contributed by atoms with Crippen LogP contribution in [0, 0.1) is 6.92 Å². The number of hydrogen-bond donors (Lipinski definition) is 2. The number of benzene rings is 3. The van der Waals surface area contributed by atoms with E-state index in [1.165, 1.54) is 0 Å². The molecule has 0 saturated carbocycles. The van der Waals surface area contributed by atoms with Crippen molar-refractivity contribution < 1.29 is 14.3 Å². The molecule has 0 unspecified atom stereocenters. The maximum absolute atomic E-state index is 12.2. The molecule has 0 aliphatic carbocycles. The lowest BCUT2D eigenvalue weighted by molar-refractivity contribution is -0.125. The van der Waals surface area contributed by atoms with Gasteiger partial charge < -0.3 is 15.4 Å². The van der Waals surface area contributed by atoms with Crippen LogP contribution >= 0.6 is 0 Å². The second kappa shape index (κ2) is 9.55. The van der Waals surface area contributed by atoms with E-state index in [-0.39, 0.29) is 24.8 Å². The number of nitrogens with one attached hydrogen (secondary N) is 2. The Balaban J connectivity index is 1.38. The SMILES string of the molecule is Cc1cccc(OCCNC(=O)CNC(=O)Cc2cccc3ccccc23)c1. The van der Waals surface area contributed by atoms with E-state index in [9.17, 15) is 9.59 Å². The second-order valence-corrected chi connectivity index (χ2v) is 6.61. The lowest BCUT2D eigenvalue weighted by atomic mass is 10.0. The largest absolute Gasteiger partial charge is 0.492 e. The molecule has 2 N–H and O–H groups in total. The number of carbonyl (C=O) groups is 2. The number of aryl methyl sites for hydroxylation is 1. The third-order valence-electron chi connectivity index (χ3n) is 4.36. The molecule has 0 spiro atoms. The number of rotatable bonds is 8. The molecular formula is C23H24N2O3. The number of fused-ring (bicyclic) bond motifs is 1. The zero-order valence-electron chi connectivity index (χ0n) is 15.9. The van der Waals surface area contributed by atoms with E-state index in [4.69, 9.17) is 4.74 Å². The number of carbonyl (C=O) groups excluding carboxylic acids is 2. The highest BCUT2D eigenvalue weighted by atomic mass is 16.5. The van der Waals surface area contributed by atoms with Crippen molar-refractivity contribution in [1.29, 1.82) is 0 Å². The van der Waals surface area contributed by atoms with Crippen LogP contribution in [0.4, 0.5) is 0 Å². The molecule has 3 rings (SSSR count). The van der Waals surface area contributed by atoms with Gasteiger partial charge >= 0.3 is 0 Å². The van der Waals surface area contributed by atoms with Crippen molar-refractivity contribution in [2.45, 2.75) is 13.3 Å². The molecule has 0 aromatic heterocycles. The summed E-state index contributed by atoms with van der Waals surface area (Å²) >= 11 is 0. The standard InChI is InChI=1S/C23H24N2O3/c1-17-6-4-10-20(14-17)28-13-12-24-23(27)16-25-22(26)15-19-9-5-8-18-7-2-3-11-21(18)19/h2-11,14H,12-13,15-16H2,1H3,(H,24,27)(H,25,26). The molecule has 0 bridgehead atoms. The van der Waals surface area contributed by atoms with Gasteiger partial charge in [0.05, 0.1) is 19.5 Å². The quantitative estimate of drug-likeness (QED) is 0.594. The van der Waals surface area contributed by atoms with Crippen molar-refractivity contribution in [3.8, 4) is 5.75 Å². The Morgan fingerprint density at radius 3 is 2.54 bits per heavy atom. The maximum Gasteiger partial charge on any atom is 0.239 e. The maximum atomic E-state index is 12.2. The van der Waals surface area contributed by atoms with Gasteiger partial charge in [-0.15, -0.1) is 0 Å². The first-order valence-electron chi connectivity index (χ1n) is 9.31. The minimum absolute atomic E-state index is 0.0476. The van der Waals surface area contributed by atoms with Crippen LogP contribution in [0.2, 0.25) is 0 Å². The zero-order valence-corrected chi connectivity index (χ0v) is 15.9. The van der Waals surface area contributed by atoms with E-state index in [0.29, 0.717) is 13.2 Å². The van der Waals surface area contributed by atoms with Gasteiger partial charge in [-0.25, -0.2) is 0 Å². The first-order chi connectivity index (χ1) is 13.6. The summed E-state index contributed by atoms with van der Waals surface area (Å²) in [4.78, 5) is 24.1. The lowest BCUT2D eigenvalue weighted by Gasteiger charge is -2.10. The van der Waals surface area contributed by atoms with Crippen LogP contribution < -0.4 is 15.4 Å². The van der Waals surface area contributed by atoms with Crippen molar-refractivity contribution in [3.63, 3.8) is 0 Å². The molecule has 2 amide bonds. The summed E-state index contributed by atoms with van der Waals surface area (Å²) in [6.07, 6.45) is 0.241. The summed E-state index contributed by atoms with van der Waals surface area (Å²) in [5, 5.41) is 7.56. The smallest absolute Gasteiger partial charge is 0.239 e. The fourth-order valence-electron chi connectivity index (χ4n) is 2.99. The van der Waals surface area contributed by atoms with E-state index in [0.717, 1.165) is 27.6 Å². The van der Waals surface area contributed by atoms with Gasteiger partial charge in [0.2, 0.25) is 11.8 Å². The molecule has 28 heavy (non-hydrogen) atoms. The van der Waals surface area contributed by atoms with E-state index >= 15 is 0 Å². The van der Waals surface area contributed by atoms with Gasteiger partial charge in [-0.1, -0.05) is 54.6 Å². The molecule has 0 radical (unpaired) electrons. The molecule has 3 aromatic rings. The average Bonchev–Trinajstić information content (AvgIpc) is 2.70. The molecule has 5 heteroatoms. The molecule has 0 aliphatic rings. The summed E-state index contributed by atoms with van der Waals surface area (Å²) in [6.45, 7) is 2.70. The Hall–Kier alpha value is -3.34. The normalized spacial score (nSPS) is 10.5. The second-order valence-electron chi connectivity index (χ2n) is 6.61. The molecule has 144 valence electrons. The van der Waals surface area contributed by atoms with Crippen LogP contribution in [0.1, 0.15) is 11.1 Å². The third kappa shape index (κ3) is 5.58. The Morgan fingerprint density at radius 1 is 0.893 bits per heavy atom. The minimum Gasteiger partial charge on any atom is -0.492 e. The Kier molecular flexibility index (Phi) is 6.63. The van der Waals surface area contributed by atoms with Crippen molar-refractivity contribution in [3.05, 3.63) is 77.9 Å². The van der Waals surface area contributed by atoms with E-state index in [1.54, 1.807) is 0 Å². The molecule has 0 aliphatic heterocycles. The number of amides is 2. The molecule has 0 atom stereocenters. The van der Waals surface area contributed by atoms with Gasteiger partial charge in [-0.3, -0.25) is 9.59 Å². The number of ether oxygens (including phenoxy) is 1. The summed E-state index contributed by atoms with van der Waals surface area (Å²) in [5.74, 6) is 0.360. The summed E-state index contributed by atoms with van der Waals surface area (Å²) in [6, 6.07) is 21.6.